The summed E-state index contributed by atoms with van der Waals surface area (Å²) in [7, 11) is 0. The van der Waals surface area contributed by atoms with Gasteiger partial charge >= 0.3 is 0 Å². The molecule has 0 aliphatic carbocycles. The Hall–Kier alpha value is -2.43. The van der Waals surface area contributed by atoms with Gasteiger partial charge in [0.25, 0.3) is 5.91 Å². The maximum Gasteiger partial charge on any atom is 0.254 e. The molecule has 2 heterocycles. The number of hydrogen-bond acceptors (Lipinski definition) is 4. The van der Waals surface area contributed by atoms with E-state index in [1.165, 1.54) is 24.4 Å². The van der Waals surface area contributed by atoms with Crippen molar-refractivity contribution in [2.75, 3.05) is 18.0 Å². The molecule has 1 N–H and O–H groups in total. The molecule has 1 aliphatic heterocycles. The molecule has 0 radical (unpaired) electrons. The molecule has 2 aromatic rings. The quantitative estimate of drug-likeness (QED) is 0.916. The second-order valence-corrected chi connectivity index (χ2v) is 4.87. The van der Waals surface area contributed by atoms with Crippen LogP contribution >= 0.6 is 0 Å². The largest absolute Gasteiger partial charge is 0.369 e. The van der Waals surface area contributed by atoms with Crippen LogP contribution in [0.2, 0.25) is 0 Å². The van der Waals surface area contributed by atoms with E-state index in [1.807, 2.05) is 18.2 Å². The molecule has 1 unspecified atom stereocenters. The number of nitrogens with zero attached hydrogens (tertiary/aromatic N) is 3. The molecule has 0 spiro atoms. The minimum atomic E-state index is -0.106. The molecular formula is C15H16N4O. The maximum absolute atomic E-state index is 12.0. The zero-order valence-electron chi connectivity index (χ0n) is 11.1. The number of carbonyl (C=O) groups is 1. The van der Waals surface area contributed by atoms with Gasteiger partial charge in [-0.3, -0.25) is 4.79 Å². The van der Waals surface area contributed by atoms with Gasteiger partial charge in [-0.25, -0.2) is 9.97 Å². The summed E-state index contributed by atoms with van der Waals surface area (Å²) in [6.07, 6.45) is 5.44. The zero-order chi connectivity index (χ0) is 13.8. The van der Waals surface area contributed by atoms with Crippen molar-refractivity contribution in [1.82, 2.24) is 15.3 Å². The summed E-state index contributed by atoms with van der Waals surface area (Å²) in [5, 5.41) is 3.03. The predicted octanol–water partition coefficient (Wildman–Crippen LogP) is 1.49. The second kappa shape index (κ2) is 5.69. The van der Waals surface area contributed by atoms with E-state index in [0.717, 1.165) is 19.5 Å². The first-order valence-corrected chi connectivity index (χ1v) is 6.69. The van der Waals surface area contributed by atoms with Gasteiger partial charge in [0, 0.05) is 37.2 Å². The van der Waals surface area contributed by atoms with E-state index in [0.29, 0.717) is 5.56 Å². The molecule has 1 aromatic heterocycles. The van der Waals surface area contributed by atoms with E-state index < -0.39 is 0 Å². The fourth-order valence-corrected chi connectivity index (χ4v) is 2.44. The van der Waals surface area contributed by atoms with E-state index in [2.05, 4.69) is 32.3 Å². The first-order valence-electron chi connectivity index (χ1n) is 6.69. The third-order valence-electron chi connectivity index (χ3n) is 3.47. The van der Waals surface area contributed by atoms with Gasteiger partial charge in [-0.1, -0.05) is 18.2 Å². The van der Waals surface area contributed by atoms with Crippen molar-refractivity contribution in [3.05, 3.63) is 54.6 Å². The average Bonchev–Trinajstić information content (AvgIpc) is 2.97. The third kappa shape index (κ3) is 2.77. The van der Waals surface area contributed by atoms with Gasteiger partial charge in [-0.15, -0.1) is 0 Å². The first-order chi connectivity index (χ1) is 9.83. The number of anilines is 1. The Morgan fingerprint density at radius 3 is 2.70 bits per heavy atom. The Bertz CT molecular complexity index is 573. The van der Waals surface area contributed by atoms with Gasteiger partial charge in [-0.05, 0) is 18.6 Å². The molecule has 1 aliphatic rings. The van der Waals surface area contributed by atoms with Crippen molar-refractivity contribution in [3.63, 3.8) is 0 Å². The molecule has 1 fully saturated rings. The highest BCUT2D eigenvalue weighted by Gasteiger charge is 2.24. The minimum Gasteiger partial charge on any atom is -0.369 e. The van der Waals surface area contributed by atoms with Crippen molar-refractivity contribution in [3.8, 4) is 0 Å². The molecule has 1 amide bonds. The number of hydrogen-bond donors (Lipinski definition) is 1. The summed E-state index contributed by atoms with van der Waals surface area (Å²) in [5.74, 6) is -0.106. The van der Waals surface area contributed by atoms with Gasteiger partial charge < -0.3 is 10.2 Å². The Labute approximate surface area is 117 Å². The van der Waals surface area contributed by atoms with Crippen LogP contribution < -0.4 is 10.2 Å². The Morgan fingerprint density at radius 1 is 1.20 bits per heavy atom. The SMILES string of the molecule is O=C(NC1CCN(c2ccccc2)C1)c1cncnc1. The highest BCUT2D eigenvalue weighted by molar-refractivity contribution is 5.93. The number of rotatable bonds is 3. The molecule has 5 heteroatoms. The number of benzene rings is 1. The standard InChI is InChI=1S/C15H16N4O/c20-15(12-8-16-11-17-9-12)18-13-6-7-19(10-13)14-4-2-1-3-5-14/h1-5,8-9,11,13H,6-7,10H2,(H,18,20). The highest BCUT2D eigenvalue weighted by Crippen LogP contribution is 2.19. The lowest BCUT2D eigenvalue weighted by Gasteiger charge is -2.18. The number of aromatic nitrogens is 2. The fraction of sp³-hybridized carbons (Fsp3) is 0.267. The van der Waals surface area contributed by atoms with E-state index in [1.54, 1.807) is 0 Å². The van der Waals surface area contributed by atoms with E-state index in [4.69, 9.17) is 0 Å². The highest BCUT2D eigenvalue weighted by atomic mass is 16.1. The lowest BCUT2D eigenvalue weighted by atomic mass is 10.2. The van der Waals surface area contributed by atoms with Crippen LogP contribution in [0.5, 0.6) is 0 Å². The van der Waals surface area contributed by atoms with Gasteiger partial charge in [0.05, 0.1) is 5.56 Å². The van der Waals surface area contributed by atoms with Crippen molar-refractivity contribution < 1.29 is 4.79 Å². The molecule has 3 rings (SSSR count). The molecule has 5 nitrogen and oxygen atoms in total. The Morgan fingerprint density at radius 2 is 1.95 bits per heavy atom. The van der Waals surface area contributed by atoms with Crippen molar-refractivity contribution in [1.29, 1.82) is 0 Å². The van der Waals surface area contributed by atoms with Gasteiger partial charge in [0.1, 0.15) is 6.33 Å². The summed E-state index contributed by atoms with van der Waals surface area (Å²) >= 11 is 0. The van der Waals surface area contributed by atoms with Crippen LogP contribution in [0.25, 0.3) is 0 Å². The molecular weight excluding hydrogens is 252 g/mol. The smallest absolute Gasteiger partial charge is 0.254 e. The minimum absolute atomic E-state index is 0.106. The van der Waals surface area contributed by atoms with Gasteiger partial charge in [0.2, 0.25) is 0 Å². The van der Waals surface area contributed by atoms with Gasteiger partial charge in [0.15, 0.2) is 0 Å². The molecule has 102 valence electrons. The van der Waals surface area contributed by atoms with Crippen LogP contribution in [0.1, 0.15) is 16.8 Å². The Kier molecular flexibility index (Phi) is 3.58. The number of amides is 1. The average molecular weight is 268 g/mol. The molecule has 0 saturated carbocycles. The third-order valence-corrected chi connectivity index (χ3v) is 3.47. The van der Waals surface area contributed by atoms with Crippen LogP contribution in [-0.2, 0) is 0 Å². The van der Waals surface area contributed by atoms with Crippen LogP contribution in [0.4, 0.5) is 5.69 Å². The summed E-state index contributed by atoms with van der Waals surface area (Å²) in [4.78, 5) is 22.0. The van der Waals surface area contributed by atoms with E-state index in [9.17, 15) is 4.79 Å². The zero-order valence-corrected chi connectivity index (χ0v) is 11.1. The van der Waals surface area contributed by atoms with Crippen LogP contribution in [0.3, 0.4) is 0 Å². The normalized spacial score (nSPS) is 18.0. The summed E-state index contributed by atoms with van der Waals surface area (Å²) < 4.78 is 0. The van der Waals surface area contributed by atoms with Gasteiger partial charge in [-0.2, -0.15) is 0 Å². The maximum atomic E-state index is 12.0. The lowest BCUT2D eigenvalue weighted by molar-refractivity contribution is 0.0939. The summed E-state index contributed by atoms with van der Waals surface area (Å²) in [6, 6.07) is 10.4. The van der Waals surface area contributed by atoms with Crippen molar-refractivity contribution in [2.24, 2.45) is 0 Å². The van der Waals surface area contributed by atoms with E-state index in [-0.39, 0.29) is 11.9 Å². The fourth-order valence-electron chi connectivity index (χ4n) is 2.44. The predicted molar refractivity (Wildman–Crippen MR) is 76.6 cm³/mol. The van der Waals surface area contributed by atoms with Crippen LogP contribution in [-0.4, -0.2) is 35.0 Å². The lowest BCUT2D eigenvalue weighted by Crippen LogP contribution is -2.37. The summed E-state index contributed by atoms with van der Waals surface area (Å²) in [5.41, 5.74) is 1.71. The van der Waals surface area contributed by atoms with Crippen molar-refractivity contribution in [2.45, 2.75) is 12.5 Å². The number of nitrogens with one attached hydrogen (secondary N) is 1. The van der Waals surface area contributed by atoms with Crippen LogP contribution in [0, 0.1) is 0 Å². The monoisotopic (exact) mass is 268 g/mol. The molecule has 1 atom stereocenters. The number of carbonyl (C=O) groups excluding carboxylic acids is 1. The molecule has 1 saturated heterocycles. The molecule has 20 heavy (non-hydrogen) atoms. The van der Waals surface area contributed by atoms with Crippen LogP contribution in [0.15, 0.2) is 49.1 Å². The summed E-state index contributed by atoms with van der Waals surface area (Å²) in [6.45, 7) is 1.80. The molecule has 0 bridgehead atoms. The second-order valence-electron chi connectivity index (χ2n) is 4.87. The van der Waals surface area contributed by atoms with E-state index >= 15 is 0 Å². The molecule has 1 aromatic carbocycles. The Balaban J connectivity index is 1.60. The topological polar surface area (TPSA) is 58.1 Å². The number of para-hydroxylation sites is 1. The van der Waals surface area contributed by atoms with Crippen molar-refractivity contribution >= 4 is 11.6 Å². The first kappa shape index (κ1) is 12.6.